The van der Waals surface area contributed by atoms with Crippen LogP contribution in [0, 0.1) is 26.7 Å². The Morgan fingerprint density at radius 3 is 2.33 bits per heavy atom. The molecule has 1 aromatic heterocycles. The Morgan fingerprint density at radius 2 is 1.69 bits per heavy atom. The van der Waals surface area contributed by atoms with Crippen LogP contribution >= 0.6 is 0 Å². The molecule has 0 radical (unpaired) electrons. The number of hydrogen-bond acceptors (Lipinski definition) is 7. The van der Waals surface area contributed by atoms with Gasteiger partial charge in [0.25, 0.3) is 5.76 Å². The van der Waals surface area contributed by atoms with Crippen molar-refractivity contribution in [3.8, 4) is 23.0 Å². The Morgan fingerprint density at radius 1 is 1.00 bits per heavy atom. The SMILES string of the molecule is CCOc1ccc(C(=O)Oc2ccc3c(=O)c(Oc4cc(C)cc(C)c4C)c(C(F)(F)F)oc3c2CN2CCC(C)CC2)cc1. The van der Waals surface area contributed by atoms with Crippen molar-refractivity contribution >= 4 is 16.9 Å². The number of halogens is 3. The van der Waals surface area contributed by atoms with Crippen LogP contribution in [0.5, 0.6) is 23.0 Å². The highest BCUT2D eigenvalue weighted by atomic mass is 19.4. The van der Waals surface area contributed by atoms with Gasteiger partial charge in [0.2, 0.25) is 11.2 Å². The number of nitrogens with zero attached hydrogens (tertiary/aromatic N) is 1. The molecule has 0 bridgehead atoms. The lowest BCUT2D eigenvalue weighted by molar-refractivity contribution is -0.154. The lowest BCUT2D eigenvalue weighted by Gasteiger charge is -2.30. The maximum absolute atomic E-state index is 14.6. The third-order valence-corrected chi connectivity index (χ3v) is 8.17. The normalized spacial score (nSPS) is 14.5. The number of esters is 1. The zero-order valence-corrected chi connectivity index (χ0v) is 26.0. The van der Waals surface area contributed by atoms with Gasteiger partial charge in [-0.25, -0.2) is 4.79 Å². The van der Waals surface area contributed by atoms with Crippen molar-refractivity contribution < 1.29 is 36.6 Å². The van der Waals surface area contributed by atoms with Crippen molar-refractivity contribution in [1.82, 2.24) is 4.90 Å². The molecule has 0 aliphatic carbocycles. The molecule has 1 fully saturated rings. The Bertz CT molecular complexity index is 1770. The number of likely N-dealkylation sites (tertiary alicyclic amines) is 1. The second-order valence-electron chi connectivity index (χ2n) is 11.6. The summed E-state index contributed by atoms with van der Waals surface area (Å²) in [5.74, 6) is -1.98. The number of alkyl halides is 3. The molecule has 238 valence electrons. The molecule has 0 spiro atoms. The summed E-state index contributed by atoms with van der Waals surface area (Å²) in [6.07, 6.45) is -3.25. The monoisotopic (exact) mass is 623 g/mol. The maximum Gasteiger partial charge on any atom is 0.453 e. The number of carbonyl (C=O) groups excluding carboxylic acids is 1. The smallest absolute Gasteiger partial charge is 0.453 e. The predicted octanol–water partition coefficient (Wildman–Crippen LogP) is 8.38. The van der Waals surface area contributed by atoms with Crippen molar-refractivity contribution in [2.45, 2.75) is 60.2 Å². The Labute approximate surface area is 259 Å². The molecule has 45 heavy (non-hydrogen) atoms. The largest absolute Gasteiger partial charge is 0.494 e. The van der Waals surface area contributed by atoms with Gasteiger partial charge in [-0.15, -0.1) is 0 Å². The van der Waals surface area contributed by atoms with E-state index < -0.39 is 29.1 Å². The van der Waals surface area contributed by atoms with Crippen molar-refractivity contribution in [2.24, 2.45) is 5.92 Å². The fraction of sp³-hybridized carbons (Fsp3) is 0.371. The highest BCUT2D eigenvalue weighted by Gasteiger charge is 2.41. The van der Waals surface area contributed by atoms with E-state index in [1.54, 1.807) is 44.2 Å². The molecule has 0 amide bonds. The van der Waals surface area contributed by atoms with E-state index in [0.29, 0.717) is 36.9 Å². The summed E-state index contributed by atoms with van der Waals surface area (Å²) in [6, 6.07) is 12.5. The first-order valence-electron chi connectivity index (χ1n) is 15.0. The molecule has 0 saturated carbocycles. The molecule has 4 aromatic rings. The van der Waals surface area contributed by atoms with Crippen LogP contribution in [0.3, 0.4) is 0 Å². The van der Waals surface area contributed by atoms with Gasteiger partial charge in [-0.05, 0) is 119 Å². The number of ether oxygens (including phenoxy) is 3. The van der Waals surface area contributed by atoms with E-state index in [0.717, 1.165) is 24.0 Å². The van der Waals surface area contributed by atoms with Crippen LogP contribution in [0.4, 0.5) is 13.2 Å². The van der Waals surface area contributed by atoms with Gasteiger partial charge in [0.1, 0.15) is 22.8 Å². The van der Waals surface area contributed by atoms with Gasteiger partial charge in [-0.1, -0.05) is 13.0 Å². The number of aryl methyl sites for hydroxylation is 2. The molecule has 1 aliphatic rings. The lowest BCUT2D eigenvalue weighted by atomic mass is 9.98. The molecule has 0 N–H and O–H groups in total. The van der Waals surface area contributed by atoms with E-state index in [1.165, 1.54) is 12.1 Å². The van der Waals surface area contributed by atoms with E-state index >= 15 is 0 Å². The first-order valence-corrected chi connectivity index (χ1v) is 15.0. The summed E-state index contributed by atoms with van der Waals surface area (Å²) in [5.41, 5.74) is 1.31. The van der Waals surface area contributed by atoms with E-state index in [9.17, 15) is 22.8 Å². The molecular weight excluding hydrogens is 587 g/mol. The molecule has 3 aromatic carbocycles. The van der Waals surface area contributed by atoms with Crippen LogP contribution in [0.25, 0.3) is 11.0 Å². The van der Waals surface area contributed by atoms with Crippen molar-refractivity contribution in [1.29, 1.82) is 0 Å². The van der Waals surface area contributed by atoms with Gasteiger partial charge in [0, 0.05) is 6.54 Å². The van der Waals surface area contributed by atoms with Crippen molar-refractivity contribution in [3.05, 3.63) is 92.3 Å². The highest BCUT2D eigenvalue weighted by molar-refractivity contribution is 5.92. The Kier molecular flexibility index (Phi) is 9.25. The third-order valence-electron chi connectivity index (χ3n) is 8.17. The Hall–Kier alpha value is -4.31. The zero-order chi connectivity index (χ0) is 32.5. The summed E-state index contributed by atoms with van der Waals surface area (Å²) in [7, 11) is 0. The summed E-state index contributed by atoms with van der Waals surface area (Å²) >= 11 is 0. The minimum absolute atomic E-state index is 0.00935. The minimum Gasteiger partial charge on any atom is -0.494 e. The second-order valence-corrected chi connectivity index (χ2v) is 11.6. The summed E-state index contributed by atoms with van der Waals surface area (Å²) in [4.78, 5) is 29.0. The molecule has 2 heterocycles. The average molecular weight is 624 g/mol. The van der Waals surface area contributed by atoms with E-state index in [-0.39, 0.29) is 40.1 Å². The topological polar surface area (TPSA) is 78.2 Å². The third kappa shape index (κ3) is 7.01. The van der Waals surface area contributed by atoms with E-state index in [1.807, 2.05) is 19.9 Å². The van der Waals surface area contributed by atoms with Crippen LogP contribution in [-0.2, 0) is 12.7 Å². The Balaban J connectivity index is 1.64. The number of hydrogen-bond donors (Lipinski definition) is 0. The highest BCUT2D eigenvalue weighted by Crippen LogP contribution is 2.41. The van der Waals surface area contributed by atoms with Crippen LogP contribution in [-0.4, -0.2) is 30.6 Å². The first kappa shape index (κ1) is 32.1. The van der Waals surface area contributed by atoms with E-state index in [4.69, 9.17) is 18.6 Å². The molecule has 10 heteroatoms. The molecular formula is C35H36F3NO6. The second kappa shape index (κ2) is 13.0. The van der Waals surface area contributed by atoms with Crippen molar-refractivity contribution in [2.75, 3.05) is 19.7 Å². The van der Waals surface area contributed by atoms with Gasteiger partial charge in [-0.2, -0.15) is 13.2 Å². The number of piperidine rings is 1. The van der Waals surface area contributed by atoms with Gasteiger partial charge < -0.3 is 18.6 Å². The number of carbonyl (C=O) groups is 1. The molecule has 7 nitrogen and oxygen atoms in total. The number of fused-ring (bicyclic) bond motifs is 1. The minimum atomic E-state index is -5.05. The molecule has 1 aliphatic heterocycles. The quantitative estimate of drug-likeness (QED) is 0.144. The summed E-state index contributed by atoms with van der Waals surface area (Å²) in [5, 5.41) is -0.110. The van der Waals surface area contributed by atoms with Crippen LogP contribution in [0.15, 0.2) is 57.7 Å². The average Bonchev–Trinajstić information content (AvgIpc) is 2.99. The van der Waals surface area contributed by atoms with Crippen LogP contribution in [0.1, 0.15) is 65.1 Å². The number of benzene rings is 3. The predicted molar refractivity (Wildman–Crippen MR) is 164 cm³/mol. The first-order chi connectivity index (χ1) is 21.3. The van der Waals surface area contributed by atoms with Crippen LogP contribution < -0.4 is 19.6 Å². The fourth-order valence-electron chi connectivity index (χ4n) is 5.48. The molecule has 0 atom stereocenters. The zero-order valence-electron chi connectivity index (χ0n) is 26.0. The van der Waals surface area contributed by atoms with Crippen molar-refractivity contribution in [3.63, 3.8) is 0 Å². The van der Waals surface area contributed by atoms with E-state index in [2.05, 4.69) is 11.8 Å². The fourth-order valence-corrected chi connectivity index (χ4v) is 5.48. The van der Waals surface area contributed by atoms with Gasteiger partial charge in [-0.3, -0.25) is 9.69 Å². The molecule has 5 rings (SSSR count). The maximum atomic E-state index is 14.6. The molecule has 1 saturated heterocycles. The van der Waals surface area contributed by atoms with Crippen LogP contribution in [0.2, 0.25) is 0 Å². The lowest BCUT2D eigenvalue weighted by Crippen LogP contribution is -2.32. The summed E-state index contributed by atoms with van der Waals surface area (Å²) < 4.78 is 66.1. The standard InChI is InChI=1S/C35H36F3NO6/c1-6-42-25-9-7-24(8-10-25)34(41)44-28-12-11-26-30(40)32(43-29-18-21(3)17-22(4)23(29)5)33(35(36,37)38)45-31(26)27(28)19-39-15-13-20(2)14-16-39/h7-12,17-18,20H,6,13-16,19H2,1-5H3. The number of rotatable bonds is 8. The van der Waals surface area contributed by atoms with Gasteiger partial charge in [0.05, 0.1) is 23.1 Å². The summed E-state index contributed by atoms with van der Waals surface area (Å²) in [6.45, 7) is 11.3. The molecule has 0 unspecified atom stereocenters. The van der Waals surface area contributed by atoms with Gasteiger partial charge >= 0.3 is 12.1 Å². The van der Waals surface area contributed by atoms with Gasteiger partial charge in [0.15, 0.2) is 0 Å².